The van der Waals surface area contributed by atoms with E-state index in [0.29, 0.717) is 5.57 Å². The van der Waals surface area contributed by atoms with Gasteiger partial charge in [-0.1, -0.05) is 38.5 Å². The Morgan fingerprint density at radius 1 is 0.895 bits per heavy atom. The molecule has 0 spiro atoms. The molecule has 102 valence electrons. The number of methoxy groups -OCH3 is 1. The molecule has 0 atom stereocenters. The van der Waals surface area contributed by atoms with Crippen molar-refractivity contribution in [2.45, 2.75) is 0 Å². The molecular weight excluding hydrogens is 238 g/mol. The Kier molecular flexibility index (Phi) is 6.97. The second-order valence-corrected chi connectivity index (χ2v) is 4.12. The first-order valence-electron chi connectivity index (χ1n) is 5.67. The normalized spacial score (nSPS) is 10.5. The summed E-state index contributed by atoms with van der Waals surface area (Å²) in [5, 5.41) is 0. The van der Waals surface area contributed by atoms with Crippen LogP contribution >= 0.6 is 0 Å². The second kappa shape index (κ2) is 7.93. The lowest BCUT2D eigenvalue weighted by Crippen LogP contribution is -2.07. The summed E-state index contributed by atoms with van der Waals surface area (Å²) >= 11 is 0. The number of nitrogens with zero attached hydrogens (tertiary/aromatic N) is 1. The van der Waals surface area contributed by atoms with Crippen LogP contribution in [0.25, 0.3) is 0 Å². The van der Waals surface area contributed by atoms with Crippen molar-refractivity contribution in [3.8, 4) is 0 Å². The predicted octanol–water partition coefficient (Wildman–Crippen LogP) is 3.02. The number of likely N-dealkylation sites (N-methyl/N-ethyl adjacent to an activating group) is 1. The lowest BCUT2D eigenvalue weighted by Gasteiger charge is -2.11. The molecule has 0 aliphatic carbocycles. The molecule has 0 aromatic carbocycles. The van der Waals surface area contributed by atoms with Crippen molar-refractivity contribution >= 4 is 5.97 Å². The molecule has 0 aromatic rings. The summed E-state index contributed by atoms with van der Waals surface area (Å²) in [5.41, 5.74) is 2.54. The summed E-state index contributed by atoms with van der Waals surface area (Å²) in [5.74, 6) is -0.466. The molecule has 0 heterocycles. The van der Waals surface area contributed by atoms with Crippen molar-refractivity contribution in [1.29, 1.82) is 0 Å². The van der Waals surface area contributed by atoms with Crippen LogP contribution < -0.4 is 0 Å². The van der Waals surface area contributed by atoms with Crippen LogP contribution in [0.5, 0.6) is 0 Å². The van der Waals surface area contributed by atoms with Gasteiger partial charge >= 0.3 is 5.97 Å². The summed E-state index contributed by atoms with van der Waals surface area (Å²) < 4.78 is 4.54. The Morgan fingerprint density at radius 2 is 1.32 bits per heavy atom. The number of hydrogen-bond acceptors (Lipinski definition) is 3. The fourth-order valence-corrected chi connectivity index (χ4v) is 0.960. The van der Waals surface area contributed by atoms with Crippen LogP contribution in [0, 0.1) is 0 Å². The van der Waals surface area contributed by atoms with Gasteiger partial charge in [0.25, 0.3) is 0 Å². The third-order valence-electron chi connectivity index (χ3n) is 2.40. The molecule has 0 unspecified atom stereocenters. The minimum absolute atomic E-state index is 0.262. The highest BCUT2D eigenvalue weighted by Crippen LogP contribution is 2.11. The van der Waals surface area contributed by atoms with Gasteiger partial charge in [-0.3, -0.25) is 0 Å². The number of rotatable bonds is 7. The van der Waals surface area contributed by atoms with E-state index in [0.717, 1.165) is 11.3 Å². The highest BCUT2D eigenvalue weighted by Gasteiger charge is 2.02. The van der Waals surface area contributed by atoms with Gasteiger partial charge in [0.1, 0.15) is 0 Å². The van der Waals surface area contributed by atoms with E-state index in [9.17, 15) is 4.79 Å². The third-order valence-corrected chi connectivity index (χ3v) is 2.40. The van der Waals surface area contributed by atoms with E-state index < -0.39 is 5.97 Å². The molecule has 0 aliphatic rings. The van der Waals surface area contributed by atoms with Gasteiger partial charge in [0, 0.05) is 19.8 Å². The molecule has 0 bridgehead atoms. The minimum atomic E-state index is -0.466. The van der Waals surface area contributed by atoms with Crippen LogP contribution in [0.2, 0.25) is 0 Å². The molecule has 0 amide bonds. The number of ether oxygens (including phenoxy) is 1. The Morgan fingerprint density at radius 3 is 1.74 bits per heavy atom. The fourth-order valence-electron chi connectivity index (χ4n) is 0.960. The molecule has 0 aliphatic heterocycles. The van der Waals surface area contributed by atoms with Crippen molar-refractivity contribution in [1.82, 2.24) is 4.90 Å². The van der Waals surface area contributed by atoms with Crippen LogP contribution in [-0.2, 0) is 9.53 Å². The molecule has 0 saturated carbocycles. The average Bonchev–Trinajstić information content (AvgIpc) is 2.39. The van der Waals surface area contributed by atoms with Crippen LogP contribution in [0.15, 0.2) is 73.0 Å². The first-order valence-corrected chi connectivity index (χ1v) is 5.67. The van der Waals surface area contributed by atoms with Gasteiger partial charge in [-0.15, -0.1) is 0 Å². The second-order valence-electron chi connectivity index (χ2n) is 4.12. The molecule has 3 heteroatoms. The summed E-state index contributed by atoms with van der Waals surface area (Å²) in [6.07, 6.45) is 6.88. The maximum Gasteiger partial charge on any atom is 0.337 e. The Labute approximate surface area is 115 Å². The summed E-state index contributed by atoms with van der Waals surface area (Å²) in [6, 6.07) is 0. The average molecular weight is 259 g/mol. The molecular formula is C16H21NO2. The van der Waals surface area contributed by atoms with E-state index in [-0.39, 0.29) is 5.57 Å². The lowest BCUT2D eigenvalue weighted by molar-refractivity contribution is -0.135. The monoisotopic (exact) mass is 259 g/mol. The fraction of sp³-hybridized carbons (Fsp3) is 0.188. The lowest BCUT2D eigenvalue weighted by atomic mass is 10.1. The molecule has 0 N–H and O–H groups in total. The van der Waals surface area contributed by atoms with Gasteiger partial charge in [-0.25, -0.2) is 4.79 Å². The Bertz CT molecular complexity index is 465. The largest absolute Gasteiger partial charge is 0.465 e. The number of esters is 1. The molecule has 0 rings (SSSR count). The summed E-state index contributed by atoms with van der Waals surface area (Å²) in [6.45, 7) is 15.2. The zero-order valence-corrected chi connectivity index (χ0v) is 11.9. The number of allylic oxidation sites excluding steroid dienone is 5. The molecule has 0 fully saturated rings. The van der Waals surface area contributed by atoms with E-state index >= 15 is 0 Å². The minimum Gasteiger partial charge on any atom is -0.465 e. The number of hydrogen-bond donors (Lipinski definition) is 0. The Hall–Kier alpha value is -2.29. The van der Waals surface area contributed by atoms with E-state index in [1.165, 1.54) is 7.11 Å². The van der Waals surface area contributed by atoms with Gasteiger partial charge < -0.3 is 9.64 Å². The van der Waals surface area contributed by atoms with Gasteiger partial charge in [0.05, 0.1) is 12.7 Å². The topological polar surface area (TPSA) is 29.5 Å². The summed E-state index contributed by atoms with van der Waals surface area (Å²) in [7, 11) is 5.12. The van der Waals surface area contributed by atoms with Crippen LogP contribution in [0.1, 0.15) is 0 Å². The van der Waals surface area contributed by atoms with Gasteiger partial charge in [-0.2, -0.15) is 0 Å². The van der Waals surface area contributed by atoms with E-state index in [1.54, 1.807) is 12.2 Å². The molecule has 3 nitrogen and oxygen atoms in total. The summed E-state index contributed by atoms with van der Waals surface area (Å²) in [4.78, 5) is 13.0. The van der Waals surface area contributed by atoms with Gasteiger partial charge in [0.2, 0.25) is 0 Å². The molecule has 19 heavy (non-hydrogen) atoms. The van der Waals surface area contributed by atoms with Crippen molar-refractivity contribution in [2.75, 3.05) is 21.2 Å². The zero-order valence-electron chi connectivity index (χ0n) is 11.9. The van der Waals surface area contributed by atoms with Crippen molar-refractivity contribution in [3.05, 3.63) is 73.0 Å². The number of carbonyl (C=O) groups excluding carboxylic acids is 1. The van der Waals surface area contributed by atoms with Crippen LogP contribution in [0.4, 0.5) is 0 Å². The maximum atomic E-state index is 11.1. The van der Waals surface area contributed by atoms with Gasteiger partial charge in [0.15, 0.2) is 0 Å². The quantitative estimate of drug-likeness (QED) is 0.400. The maximum absolute atomic E-state index is 11.1. The van der Waals surface area contributed by atoms with Crippen molar-refractivity contribution in [3.63, 3.8) is 0 Å². The van der Waals surface area contributed by atoms with Crippen molar-refractivity contribution < 1.29 is 9.53 Å². The van der Waals surface area contributed by atoms with E-state index in [1.807, 2.05) is 31.1 Å². The molecule has 0 radical (unpaired) electrons. The molecule has 0 saturated heterocycles. The third kappa shape index (κ3) is 6.27. The van der Waals surface area contributed by atoms with Crippen LogP contribution in [-0.4, -0.2) is 32.1 Å². The zero-order chi connectivity index (χ0) is 15.0. The highest BCUT2D eigenvalue weighted by molar-refractivity contribution is 5.90. The van der Waals surface area contributed by atoms with E-state index in [4.69, 9.17) is 0 Å². The molecule has 0 aromatic heterocycles. The smallest absolute Gasteiger partial charge is 0.337 e. The standard InChI is InChI=1S/C16H21NO2/c1-12(8-9-14(3)16(18)19-7)13(2)10-11-15(4)17(5)6/h8-11H,1-4H2,5-7H3/b9-8-,11-10-. The van der Waals surface area contributed by atoms with Gasteiger partial charge in [-0.05, 0) is 23.3 Å². The highest BCUT2D eigenvalue weighted by atomic mass is 16.5. The first kappa shape index (κ1) is 16.7. The SMILES string of the molecule is C=C(/C=C\C(=C)C(=O)OC)C(=C)/C=C\C(=C)N(C)C. The predicted molar refractivity (Wildman–Crippen MR) is 80.5 cm³/mol. The van der Waals surface area contributed by atoms with E-state index in [2.05, 4.69) is 31.1 Å². The van der Waals surface area contributed by atoms with Crippen LogP contribution in [0.3, 0.4) is 0 Å². The number of carbonyl (C=O) groups is 1. The van der Waals surface area contributed by atoms with Crippen molar-refractivity contribution in [2.24, 2.45) is 0 Å². The Balaban J connectivity index is 4.56. The first-order chi connectivity index (χ1) is 8.79.